The number of carbonyl (C=O) groups excluding carboxylic acids is 3. The molecule has 4 aliphatic rings. The van der Waals surface area contributed by atoms with Crippen LogP contribution in [0.3, 0.4) is 0 Å². The normalized spacial score (nSPS) is 32.9. The van der Waals surface area contributed by atoms with Gasteiger partial charge >= 0.3 is 5.97 Å². The number of benzene rings is 2. The number of amides is 2. The molecular weight excluding hydrogens is 520 g/mol. The van der Waals surface area contributed by atoms with Crippen molar-refractivity contribution in [1.82, 2.24) is 9.80 Å². The van der Waals surface area contributed by atoms with Gasteiger partial charge in [0.15, 0.2) is 0 Å². The van der Waals surface area contributed by atoms with Crippen LogP contribution in [0.25, 0.3) is 0 Å². The number of cyclic esters (lactones) is 1. The van der Waals surface area contributed by atoms with Crippen molar-refractivity contribution in [2.24, 2.45) is 11.8 Å². The van der Waals surface area contributed by atoms with Gasteiger partial charge in [-0.3, -0.25) is 14.4 Å². The largest absolute Gasteiger partial charge is 0.465 e. The van der Waals surface area contributed by atoms with E-state index in [1.165, 1.54) is 4.90 Å². The van der Waals surface area contributed by atoms with Crippen LogP contribution in [0.15, 0.2) is 85.0 Å². The first-order valence-corrected chi connectivity index (χ1v) is 14.4. The fourth-order valence-electron chi connectivity index (χ4n) is 7.09. The minimum Gasteiger partial charge on any atom is -0.465 e. The third-order valence-corrected chi connectivity index (χ3v) is 8.93. The van der Waals surface area contributed by atoms with E-state index in [4.69, 9.17) is 9.47 Å². The average molecular weight is 557 g/mol. The number of esters is 1. The Morgan fingerprint density at radius 3 is 2.39 bits per heavy atom. The predicted molar refractivity (Wildman–Crippen MR) is 151 cm³/mol. The third-order valence-electron chi connectivity index (χ3n) is 8.93. The number of aliphatic hydroxyl groups excluding tert-OH is 1. The summed E-state index contributed by atoms with van der Waals surface area (Å²) in [6, 6.07) is 17.0. The number of nitrogens with zero attached hydrogens (tertiary/aromatic N) is 2. The van der Waals surface area contributed by atoms with Gasteiger partial charge in [-0.05, 0) is 37.3 Å². The topological polar surface area (TPSA) is 96.4 Å². The molecule has 1 N–H and O–H groups in total. The summed E-state index contributed by atoms with van der Waals surface area (Å²) in [6.45, 7) is 2.35. The van der Waals surface area contributed by atoms with E-state index in [0.29, 0.717) is 18.7 Å². The highest BCUT2D eigenvalue weighted by Crippen LogP contribution is 2.58. The summed E-state index contributed by atoms with van der Waals surface area (Å²) >= 11 is 0. The van der Waals surface area contributed by atoms with Gasteiger partial charge in [-0.1, -0.05) is 85.0 Å². The van der Waals surface area contributed by atoms with Crippen molar-refractivity contribution in [2.75, 3.05) is 19.8 Å². The van der Waals surface area contributed by atoms with Gasteiger partial charge in [0, 0.05) is 13.1 Å². The maximum absolute atomic E-state index is 14.6. The molecule has 2 fully saturated rings. The monoisotopic (exact) mass is 556 g/mol. The molecule has 0 saturated carbocycles. The number of rotatable bonds is 5. The molecule has 8 nitrogen and oxygen atoms in total. The number of allylic oxidation sites excluding steroid dienone is 1. The summed E-state index contributed by atoms with van der Waals surface area (Å²) in [5.41, 5.74) is -0.914. The van der Waals surface area contributed by atoms with Crippen LogP contribution in [0.1, 0.15) is 43.4 Å². The van der Waals surface area contributed by atoms with Gasteiger partial charge in [-0.2, -0.15) is 0 Å². The highest BCUT2D eigenvalue weighted by atomic mass is 16.6. The molecule has 2 amide bonds. The molecule has 1 unspecified atom stereocenters. The summed E-state index contributed by atoms with van der Waals surface area (Å²) in [6.07, 6.45) is 9.97. The Kier molecular flexibility index (Phi) is 7.30. The van der Waals surface area contributed by atoms with E-state index in [-0.39, 0.29) is 12.5 Å². The summed E-state index contributed by atoms with van der Waals surface area (Å²) in [5.74, 6) is -3.13. The third kappa shape index (κ3) is 4.59. The molecule has 0 bridgehead atoms. The van der Waals surface area contributed by atoms with Gasteiger partial charge in [0.2, 0.25) is 11.8 Å². The first-order valence-electron chi connectivity index (χ1n) is 14.4. The fourth-order valence-corrected chi connectivity index (χ4v) is 7.09. The predicted octanol–water partition coefficient (Wildman–Crippen LogP) is 3.57. The molecule has 1 spiro atoms. The van der Waals surface area contributed by atoms with E-state index >= 15 is 0 Å². The standard InChI is InChI=1S/C33H36N2O6/c1-32-17-10-2-3-11-20-40-31(39)27(32)26-29(37)35(25(22-36)24-15-8-5-9-16-24)28-30(38)34(19-12-18-33(26,28)41-32)21-23-13-6-4-7-14-23/h4-10,12-18,25-28,36H,2-3,11,19-22H2,1H3/b17-10-/t25-,26+,27+,28?,32-,33+/m1/s1. The minimum atomic E-state index is -1.42. The molecular formula is C33H36N2O6. The van der Waals surface area contributed by atoms with Crippen molar-refractivity contribution in [3.05, 3.63) is 96.1 Å². The van der Waals surface area contributed by atoms with Gasteiger partial charge in [0.25, 0.3) is 0 Å². The van der Waals surface area contributed by atoms with Crippen molar-refractivity contribution < 1.29 is 29.0 Å². The molecule has 8 heteroatoms. The van der Waals surface area contributed by atoms with Crippen molar-refractivity contribution in [3.8, 4) is 0 Å². The molecule has 2 aromatic carbocycles. The summed E-state index contributed by atoms with van der Waals surface area (Å²) in [4.78, 5) is 46.1. The van der Waals surface area contributed by atoms with Gasteiger partial charge in [0.1, 0.15) is 17.6 Å². The lowest BCUT2D eigenvalue weighted by Gasteiger charge is -2.40. The Bertz CT molecular complexity index is 1360. The van der Waals surface area contributed by atoms with Crippen LogP contribution in [0, 0.1) is 11.8 Å². The first kappa shape index (κ1) is 27.4. The highest BCUT2D eigenvalue weighted by molar-refractivity contribution is 5.99. The zero-order chi connectivity index (χ0) is 28.6. The minimum absolute atomic E-state index is 0.267. The number of aliphatic hydroxyl groups is 1. The van der Waals surface area contributed by atoms with Crippen LogP contribution >= 0.6 is 0 Å². The number of fused-ring (bicyclic) bond motifs is 2. The second-order valence-electron chi connectivity index (χ2n) is 11.5. The van der Waals surface area contributed by atoms with Crippen LogP contribution in [-0.2, 0) is 30.4 Å². The molecule has 0 aromatic heterocycles. The smallest absolute Gasteiger partial charge is 0.313 e. The van der Waals surface area contributed by atoms with Gasteiger partial charge < -0.3 is 24.4 Å². The second kappa shape index (κ2) is 10.9. The SMILES string of the molecule is C[C@@]12/C=C\CCCCOC(=O)[C@@H]1[C@H]1C(=O)N([C@H](CO)c3ccccc3)C3C(=O)N(Cc4ccccc4)CC=C[C@@]31O2. The Morgan fingerprint density at radius 1 is 0.927 bits per heavy atom. The van der Waals surface area contributed by atoms with Crippen molar-refractivity contribution in [2.45, 2.75) is 56.0 Å². The van der Waals surface area contributed by atoms with Crippen molar-refractivity contribution in [3.63, 3.8) is 0 Å². The van der Waals surface area contributed by atoms with Crippen LogP contribution < -0.4 is 0 Å². The molecule has 2 saturated heterocycles. The average Bonchev–Trinajstić information content (AvgIpc) is 3.31. The van der Waals surface area contributed by atoms with Crippen LogP contribution in [0.4, 0.5) is 0 Å². The Morgan fingerprint density at radius 2 is 1.66 bits per heavy atom. The lowest BCUT2D eigenvalue weighted by Crippen LogP contribution is -2.56. The molecule has 0 radical (unpaired) electrons. The highest BCUT2D eigenvalue weighted by Gasteiger charge is 2.75. The zero-order valence-corrected chi connectivity index (χ0v) is 23.2. The van der Waals surface area contributed by atoms with E-state index in [1.807, 2.05) is 91.9 Å². The maximum atomic E-state index is 14.6. The van der Waals surface area contributed by atoms with Crippen molar-refractivity contribution in [1.29, 1.82) is 0 Å². The molecule has 41 heavy (non-hydrogen) atoms. The quantitative estimate of drug-likeness (QED) is 0.447. The van der Waals surface area contributed by atoms with Crippen LogP contribution in [-0.4, -0.2) is 69.7 Å². The second-order valence-corrected chi connectivity index (χ2v) is 11.5. The number of carbonyl (C=O) groups is 3. The molecule has 6 atom stereocenters. The first-order chi connectivity index (χ1) is 19.9. The molecule has 4 heterocycles. The van der Waals surface area contributed by atoms with E-state index in [9.17, 15) is 19.5 Å². The molecule has 4 aliphatic heterocycles. The summed E-state index contributed by atoms with van der Waals surface area (Å²) in [5, 5.41) is 10.7. The Labute approximate surface area is 240 Å². The molecule has 6 rings (SSSR count). The van der Waals surface area contributed by atoms with E-state index in [0.717, 1.165) is 24.8 Å². The van der Waals surface area contributed by atoms with Gasteiger partial charge in [0.05, 0.1) is 30.8 Å². The molecule has 0 aliphatic carbocycles. The Balaban J connectivity index is 1.50. The van der Waals surface area contributed by atoms with E-state index in [1.54, 1.807) is 4.90 Å². The van der Waals surface area contributed by atoms with E-state index in [2.05, 4.69) is 0 Å². The van der Waals surface area contributed by atoms with Crippen molar-refractivity contribution >= 4 is 17.8 Å². The lowest BCUT2D eigenvalue weighted by atomic mass is 9.74. The zero-order valence-electron chi connectivity index (χ0n) is 23.2. The van der Waals surface area contributed by atoms with Gasteiger partial charge in [-0.25, -0.2) is 0 Å². The lowest BCUT2D eigenvalue weighted by molar-refractivity contribution is -0.162. The van der Waals surface area contributed by atoms with E-state index < -0.39 is 53.6 Å². The number of likely N-dealkylation sites (tertiary alicyclic amines) is 1. The fraction of sp³-hybridized carbons (Fsp3) is 0.424. The van der Waals surface area contributed by atoms with Gasteiger partial charge in [-0.15, -0.1) is 0 Å². The number of hydrogen-bond donors (Lipinski definition) is 1. The number of ether oxygens (including phenoxy) is 2. The van der Waals surface area contributed by atoms with Crippen LogP contribution in [0.2, 0.25) is 0 Å². The summed E-state index contributed by atoms with van der Waals surface area (Å²) < 4.78 is 12.6. The molecule has 2 aromatic rings. The maximum Gasteiger partial charge on any atom is 0.313 e. The van der Waals surface area contributed by atoms with Crippen LogP contribution in [0.5, 0.6) is 0 Å². The number of hydrogen-bond acceptors (Lipinski definition) is 6. The Hall–Kier alpha value is -3.75. The summed E-state index contributed by atoms with van der Waals surface area (Å²) in [7, 11) is 0. The molecule has 214 valence electrons.